The van der Waals surface area contributed by atoms with E-state index in [1.807, 2.05) is 20.9 Å². The third-order valence-electron chi connectivity index (χ3n) is 2.53. The van der Waals surface area contributed by atoms with E-state index in [-0.39, 0.29) is 5.54 Å². The topological polar surface area (TPSA) is 69.4 Å². The zero-order chi connectivity index (χ0) is 12.7. The van der Waals surface area contributed by atoms with Crippen molar-refractivity contribution >= 4 is 0 Å². The zero-order valence-corrected chi connectivity index (χ0v) is 10.9. The Balaban J connectivity index is 2.36. The Morgan fingerprint density at radius 2 is 2.06 bits per heavy atom. The second-order valence-corrected chi connectivity index (χ2v) is 4.25. The first-order valence-corrected chi connectivity index (χ1v) is 5.69. The molecule has 0 aliphatic heterocycles. The molecule has 0 unspecified atom stereocenters. The lowest BCUT2D eigenvalue weighted by atomic mass is 10.1. The lowest BCUT2D eigenvalue weighted by Crippen LogP contribution is -2.33. The third-order valence-corrected chi connectivity index (χ3v) is 2.53. The van der Waals surface area contributed by atoms with E-state index in [1.165, 1.54) is 0 Å². The number of methoxy groups -OCH3 is 1. The van der Waals surface area contributed by atoms with Crippen LogP contribution in [0.4, 0.5) is 0 Å². The fraction of sp³-hybridized carbons (Fsp3) is 0.818. The lowest BCUT2D eigenvalue weighted by molar-refractivity contribution is 0.0714. The molecule has 0 atom stereocenters. The van der Waals surface area contributed by atoms with E-state index in [4.69, 9.17) is 14.0 Å². The second-order valence-electron chi connectivity index (χ2n) is 4.25. The van der Waals surface area contributed by atoms with Crippen LogP contribution in [0.25, 0.3) is 0 Å². The molecule has 0 aliphatic carbocycles. The van der Waals surface area contributed by atoms with Gasteiger partial charge in [-0.25, -0.2) is 0 Å². The van der Waals surface area contributed by atoms with Gasteiger partial charge in [-0.2, -0.15) is 4.98 Å². The van der Waals surface area contributed by atoms with E-state index in [0.717, 1.165) is 0 Å². The van der Waals surface area contributed by atoms with Crippen LogP contribution in [0.15, 0.2) is 4.52 Å². The minimum absolute atomic E-state index is 0.303. The minimum atomic E-state index is -0.303. The van der Waals surface area contributed by atoms with Gasteiger partial charge in [-0.15, -0.1) is 0 Å². The summed E-state index contributed by atoms with van der Waals surface area (Å²) in [6.45, 7) is 5.73. The number of aromatic nitrogens is 2. The quantitative estimate of drug-likeness (QED) is 0.679. The smallest absolute Gasteiger partial charge is 0.246 e. The summed E-state index contributed by atoms with van der Waals surface area (Å²) in [4.78, 5) is 4.32. The number of ether oxygens (including phenoxy) is 2. The predicted molar refractivity (Wildman–Crippen MR) is 62.8 cm³/mol. The molecular weight excluding hydrogens is 222 g/mol. The Labute approximate surface area is 102 Å². The van der Waals surface area contributed by atoms with Gasteiger partial charge in [-0.3, -0.25) is 0 Å². The molecule has 1 N–H and O–H groups in total. The Kier molecular flexibility index (Phi) is 5.54. The van der Waals surface area contributed by atoms with Crippen LogP contribution in [0.3, 0.4) is 0 Å². The summed E-state index contributed by atoms with van der Waals surface area (Å²) in [6.07, 6.45) is 0.646. The van der Waals surface area contributed by atoms with Gasteiger partial charge in [0.25, 0.3) is 0 Å². The maximum absolute atomic E-state index is 5.34. The van der Waals surface area contributed by atoms with Crippen molar-refractivity contribution in [3.63, 3.8) is 0 Å². The molecular formula is C11H21N3O3. The highest BCUT2D eigenvalue weighted by molar-refractivity contribution is 4.98. The summed E-state index contributed by atoms with van der Waals surface area (Å²) in [5.41, 5.74) is -0.303. The van der Waals surface area contributed by atoms with Crippen LogP contribution in [0.5, 0.6) is 0 Å². The zero-order valence-electron chi connectivity index (χ0n) is 10.9. The summed E-state index contributed by atoms with van der Waals surface area (Å²) in [5.74, 6) is 1.26. The highest BCUT2D eigenvalue weighted by atomic mass is 16.5. The van der Waals surface area contributed by atoms with Gasteiger partial charge in [0.15, 0.2) is 5.82 Å². The molecule has 0 spiro atoms. The van der Waals surface area contributed by atoms with Crippen molar-refractivity contribution in [2.24, 2.45) is 0 Å². The number of nitrogens with zero attached hydrogens (tertiary/aromatic N) is 2. The van der Waals surface area contributed by atoms with Crippen LogP contribution >= 0.6 is 0 Å². The summed E-state index contributed by atoms with van der Waals surface area (Å²) in [7, 11) is 3.51. The van der Waals surface area contributed by atoms with Gasteiger partial charge in [-0.1, -0.05) is 5.16 Å². The van der Waals surface area contributed by atoms with Gasteiger partial charge >= 0.3 is 0 Å². The molecule has 1 heterocycles. The molecule has 6 heteroatoms. The molecule has 1 aromatic heterocycles. The van der Waals surface area contributed by atoms with Crippen LogP contribution in [-0.4, -0.2) is 44.1 Å². The van der Waals surface area contributed by atoms with E-state index < -0.39 is 0 Å². The Bertz CT molecular complexity index is 326. The monoisotopic (exact) mass is 243 g/mol. The molecule has 17 heavy (non-hydrogen) atoms. The van der Waals surface area contributed by atoms with Crippen molar-refractivity contribution in [1.82, 2.24) is 15.5 Å². The lowest BCUT2D eigenvalue weighted by Gasteiger charge is -2.17. The van der Waals surface area contributed by atoms with Crippen LogP contribution < -0.4 is 5.32 Å². The molecule has 0 aliphatic rings. The van der Waals surface area contributed by atoms with Crippen molar-refractivity contribution < 1.29 is 14.0 Å². The van der Waals surface area contributed by atoms with Crippen molar-refractivity contribution in [2.45, 2.75) is 25.8 Å². The fourth-order valence-electron chi connectivity index (χ4n) is 1.12. The van der Waals surface area contributed by atoms with Crippen LogP contribution in [0.1, 0.15) is 25.6 Å². The van der Waals surface area contributed by atoms with E-state index in [9.17, 15) is 0 Å². The molecule has 0 radical (unpaired) electrons. The van der Waals surface area contributed by atoms with Crippen molar-refractivity contribution in [3.8, 4) is 0 Å². The highest BCUT2D eigenvalue weighted by Gasteiger charge is 2.25. The van der Waals surface area contributed by atoms with Gasteiger partial charge in [0, 0.05) is 13.5 Å². The summed E-state index contributed by atoms with van der Waals surface area (Å²) >= 11 is 0. The van der Waals surface area contributed by atoms with Gasteiger partial charge in [0.2, 0.25) is 5.89 Å². The molecule has 98 valence electrons. The SMILES string of the molecule is CNC(C)(C)c1nc(CCOCCOC)no1. The molecule has 0 saturated heterocycles. The number of hydrogen-bond acceptors (Lipinski definition) is 6. The maximum Gasteiger partial charge on any atom is 0.246 e. The number of rotatable bonds is 8. The maximum atomic E-state index is 5.34. The molecule has 1 aromatic rings. The molecule has 0 aromatic carbocycles. The summed E-state index contributed by atoms with van der Waals surface area (Å²) in [5, 5.41) is 7.02. The van der Waals surface area contributed by atoms with E-state index in [1.54, 1.807) is 7.11 Å². The summed E-state index contributed by atoms with van der Waals surface area (Å²) < 4.78 is 15.4. The van der Waals surface area contributed by atoms with Crippen LogP contribution in [0.2, 0.25) is 0 Å². The third kappa shape index (κ3) is 4.41. The molecule has 1 rings (SSSR count). The largest absolute Gasteiger partial charge is 0.382 e. The van der Waals surface area contributed by atoms with E-state index >= 15 is 0 Å². The molecule has 6 nitrogen and oxygen atoms in total. The molecule has 0 fully saturated rings. The first-order valence-electron chi connectivity index (χ1n) is 5.69. The van der Waals surface area contributed by atoms with E-state index in [0.29, 0.717) is 38.0 Å². The molecule has 0 saturated carbocycles. The minimum Gasteiger partial charge on any atom is -0.382 e. The Morgan fingerprint density at radius 1 is 1.29 bits per heavy atom. The van der Waals surface area contributed by atoms with E-state index in [2.05, 4.69) is 15.5 Å². The molecule has 0 bridgehead atoms. The first kappa shape index (κ1) is 14.1. The summed E-state index contributed by atoms with van der Waals surface area (Å²) in [6, 6.07) is 0. The van der Waals surface area contributed by atoms with Gasteiger partial charge in [0.1, 0.15) is 0 Å². The standard InChI is InChI=1S/C11H21N3O3/c1-11(2,12-3)10-13-9(14-17-10)5-6-16-8-7-15-4/h12H,5-8H2,1-4H3. The molecule has 0 amide bonds. The number of nitrogens with one attached hydrogen (secondary N) is 1. The van der Waals surface area contributed by atoms with Crippen LogP contribution in [0, 0.1) is 0 Å². The average molecular weight is 243 g/mol. The van der Waals surface area contributed by atoms with Crippen LogP contribution in [-0.2, 0) is 21.4 Å². The average Bonchev–Trinajstić information content (AvgIpc) is 2.78. The van der Waals surface area contributed by atoms with Crippen molar-refractivity contribution in [1.29, 1.82) is 0 Å². The fourth-order valence-corrected chi connectivity index (χ4v) is 1.12. The second kappa shape index (κ2) is 6.68. The first-order chi connectivity index (χ1) is 8.10. The van der Waals surface area contributed by atoms with Crippen molar-refractivity contribution in [2.75, 3.05) is 34.0 Å². The Morgan fingerprint density at radius 3 is 2.71 bits per heavy atom. The highest BCUT2D eigenvalue weighted by Crippen LogP contribution is 2.16. The van der Waals surface area contributed by atoms with Crippen molar-refractivity contribution in [3.05, 3.63) is 11.7 Å². The number of hydrogen-bond donors (Lipinski definition) is 1. The van der Waals surface area contributed by atoms with Gasteiger partial charge in [-0.05, 0) is 20.9 Å². The van der Waals surface area contributed by atoms with Gasteiger partial charge in [0.05, 0.1) is 25.4 Å². The predicted octanol–water partition coefficient (Wildman–Crippen LogP) is 0.730. The normalized spacial score (nSPS) is 12.0. The Hall–Kier alpha value is -0.980. The van der Waals surface area contributed by atoms with Gasteiger partial charge < -0.3 is 19.3 Å².